The van der Waals surface area contributed by atoms with Gasteiger partial charge in [-0.2, -0.15) is 0 Å². The fraction of sp³-hybridized carbons (Fsp3) is 0.407. The van der Waals surface area contributed by atoms with Crippen molar-refractivity contribution in [2.75, 3.05) is 11.4 Å². The summed E-state index contributed by atoms with van der Waals surface area (Å²) in [6.07, 6.45) is 5.39. The maximum absolute atomic E-state index is 13.5. The molecule has 1 spiro atoms. The molecule has 1 aromatic heterocycles. The molecule has 2 aromatic carbocycles. The van der Waals surface area contributed by atoms with Gasteiger partial charge >= 0.3 is 6.03 Å². The van der Waals surface area contributed by atoms with Crippen molar-refractivity contribution in [2.45, 2.75) is 64.8 Å². The van der Waals surface area contributed by atoms with Crippen molar-refractivity contribution >= 4 is 11.7 Å². The highest BCUT2D eigenvalue weighted by molar-refractivity contribution is 5.98. The molecule has 0 radical (unpaired) electrons. The van der Waals surface area contributed by atoms with E-state index >= 15 is 0 Å². The summed E-state index contributed by atoms with van der Waals surface area (Å²) in [4.78, 5) is 22.6. The molecule has 172 valence electrons. The summed E-state index contributed by atoms with van der Waals surface area (Å²) in [6.45, 7) is 10.2. The van der Waals surface area contributed by atoms with Crippen LogP contribution in [0.25, 0.3) is 0 Å². The van der Waals surface area contributed by atoms with Crippen LogP contribution in [0.4, 0.5) is 10.5 Å². The minimum Gasteiger partial charge on any atom is -0.491 e. The number of hydrogen-bond acceptors (Lipinski definition) is 4. The summed E-state index contributed by atoms with van der Waals surface area (Å²) < 4.78 is 7.62. The third-order valence-electron chi connectivity index (χ3n) is 6.87. The quantitative estimate of drug-likeness (QED) is 0.533. The number of rotatable bonds is 5. The molecule has 0 unspecified atom stereocenters. The van der Waals surface area contributed by atoms with Crippen molar-refractivity contribution in [3.63, 3.8) is 0 Å². The van der Waals surface area contributed by atoms with E-state index in [-0.39, 0.29) is 18.2 Å². The van der Waals surface area contributed by atoms with Gasteiger partial charge in [0.05, 0.1) is 6.10 Å². The Hall–Kier alpha value is -3.12. The van der Waals surface area contributed by atoms with E-state index < -0.39 is 5.54 Å². The number of benzene rings is 2. The molecule has 2 aliphatic heterocycles. The highest BCUT2D eigenvalue weighted by Crippen LogP contribution is 2.47. The first-order valence-electron chi connectivity index (χ1n) is 11.8. The number of amides is 1. The number of aromatic nitrogens is 2. The van der Waals surface area contributed by atoms with Gasteiger partial charge in [0.2, 0.25) is 0 Å². The summed E-state index contributed by atoms with van der Waals surface area (Å²) in [5.41, 5.74) is 2.92. The highest BCUT2D eigenvalue weighted by Gasteiger charge is 2.54. The Labute approximate surface area is 195 Å². The van der Waals surface area contributed by atoms with E-state index in [9.17, 15) is 4.79 Å². The number of fused-ring (bicyclic) bond motifs is 2. The summed E-state index contributed by atoms with van der Waals surface area (Å²) >= 11 is 0. The van der Waals surface area contributed by atoms with Crippen molar-refractivity contribution in [1.29, 1.82) is 0 Å². The summed E-state index contributed by atoms with van der Waals surface area (Å²) in [6, 6.07) is 16.9. The van der Waals surface area contributed by atoms with E-state index in [2.05, 4.69) is 54.1 Å². The Kier molecular flexibility index (Phi) is 5.49. The van der Waals surface area contributed by atoms with Crippen LogP contribution in [-0.2, 0) is 12.1 Å². The summed E-state index contributed by atoms with van der Waals surface area (Å²) in [7, 11) is 0. The summed E-state index contributed by atoms with van der Waals surface area (Å²) in [5.74, 6) is 1.78. The van der Waals surface area contributed by atoms with Crippen molar-refractivity contribution in [2.24, 2.45) is 0 Å². The lowest BCUT2D eigenvalue weighted by atomic mass is 9.81. The Morgan fingerprint density at radius 1 is 1.18 bits per heavy atom. The monoisotopic (exact) mass is 444 g/mol. The molecule has 0 aliphatic carbocycles. The Morgan fingerprint density at radius 3 is 2.76 bits per heavy atom. The predicted molar refractivity (Wildman–Crippen MR) is 130 cm³/mol. The van der Waals surface area contributed by atoms with Crippen LogP contribution in [0.1, 0.15) is 50.6 Å². The van der Waals surface area contributed by atoms with Crippen molar-refractivity contribution in [1.82, 2.24) is 14.5 Å². The number of aryl methyl sites for hydroxylation is 1. The number of likely N-dealkylation sites (tertiary alicyclic amines) is 1. The number of imidazole rings is 1. The topological polar surface area (TPSA) is 50.6 Å². The molecule has 0 bridgehead atoms. The highest BCUT2D eigenvalue weighted by atomic mass is 16.5. The molecule has 5 rings (SSSR count). The van der Waals surface area contributed by atoms with Crippen molar-refractivity contribution < 1.29 is 9.53 Å². The second kappa shape index (κ2) is 8.34. The molecule has 2 aliphatic rings. The molecule has 1 saturated heterocycles. The largest absolute Gasteiger partial charge is 0.491 e. The molecule has 3 heterocycles. The molecule has 1 fully saturated rings. The Balaban J connectivity index is 1.42. The molecule has 33 heavy (non-hydrogen) atoms. The lowest BCUT2D eigenvalue weighted by molar-refractivity contribution is 0.0967. The number of nitrogens with zero attached hydrogens (tertiary/aromatic N) is 4. The fourth-order valence-corrected chi connectivity index (χ4v) is 5.45. The maximum atomic E-state index is 13.5. The molecular formula is C27H32N4O2. The van der Waals surface area contributed by atoms with Crippen molar-refractivity contribution in [3.05, 3.63) is 77.9 Å². The molecule has 6 heteroatoms. The molecular weight excluding hydrogens is 412 g/mol. The van der Waals surface area contributed by atoms with Gasteiger partial charge in [-0.15, -0.1) is 0 Å². The second-order valence-corrected chi connectivity index (χ2v) is 9.70. The Morgan fingerprint density at radius 2 is 2.00 bits per heavy atom. The second-order valence-electron chi connectivity index (χ2n) is 9.70. The fourth-order valence-electron chi connectivity index (χ4n) is 5.45. The number of carbonyl (C=O) groups excluding carboxylic acids is 1. The normalized spacial score (nSPS) is 22.9. The number of carbonyl (C=O) groups is 1. The molecule has 0 N–H and O–H groups in total. The zero-order valence-electron chi connectivity index (χ0n) is 19.9. The smallest absolute Gasteiger partial charge is 0.335 e. The van der Waals surface area contributed by atoms with Crippen molar-refractivity contribution in [3.8, 4) is 5.75 Å². The van der Waals surface area contributed by atoms with Gasteiger partial charge in [0.15, 0.2) is 0 Å². The number of piperidine rings is 1. The van der Waals surface area contributed by atoms with Crippen LogP contribution < -0.4 is 9.64 Å². The van der Waals surface area contributed by atoms with E-state index in [1.54, 1.807) is 17.0 Å². The average molecular weight is 445 g/mol. The van der Waals surface area contributed by atoms with E-state index in [1.807, 2.05) is 36.9 Å². The molecule has 3 aromatic rings. The number of anilines is 1. The van der Waals surface area contributed by atoms with E-state index in [0.29, 0.717) is 0 Å². The van der Waals surface area contributed by atoms with Gasteiger partial charge in [-0.1, -0.05) is 24.3 Å². The van der Waals surface area contributed by atoms with Crippen LogP contribution in [0.15, 0.2) is 60.9 Å². The zero-order valence-corrected chi connectivity index (χ0v) is 19.9. The van der Waals surface area contributed by atoms with Crippen LogP contribution in [-0.4, -0.2) is 39.2 Å². The molecule has 1 amide bonds. The first kappa shape index (κ1) is 21.7. The van der Waals surface area contributed by atoms with Gasteiger partial charge in [-0.25, -0.2) is 9.78 Å². The zero-order chi connectivity index (χ0) is 23.2. The van der Waals surface area contributed by atoms with E-state index in [1.165, 1.54) is 5.56 Å². The molecule has 6 nitrogen and oxygen atoms in total. The SMILES string of the molecule is Cc1cccc(N2C(=O)n3ccnc3[C@]23CCN(Cc2cccc(OC(C)C)c2)[C@@H](C)C3)c1. The minimum absolute atomic E-state index is 0.00714. The predicted octanol–water partition coefficient (Wildman–Crippen LogP) is 5.35. The van der Waals surface area contributed by atoms with Gasteiger partial charge in [0, 0.05) is 37.2 Å². The molecule has 0 saturated carbocycles. The van der Waals surface area contributed by atoms with Crippen LogP contribution in [0.2, 0.25) is 0 Å². The van der Waals surface area contributed by atoms with Gasteiger partial charge in [-0.05, 0) is 75.9 Å². The standard InChI is InChI=1S/C27H32N4O2/c1-19(2)33-24-10-6-8-22(16-24)18-29-13-11-27(17-21(29)4)25-28-12-14-30(25)26(32)31(27)23-9-5-7-20(3)15-23/h5-10,12,14-16,19,21H,11,13,17-18H2,1-4H3/t21-,27+/m0/s1. The lowest BCUT2D eigenvalue weighted by Crippen LogP contribution is -2.54. The van der Waals surface area contributed by atoms with Gasteiger partial charge in [0.25, 0.3) is 0 Å². The van der Waals surface area contributed by atoms with Crippen LogP contribution >= 0.6 is 0 Å². The van der Waals surface area contributed by atoms with Crippen LogP contribution in [0.5, 0.6) is 5.75 Å². The van der Waals surface area contributed by atoms with Crippen LogP contribution in [0, 0.1) is 6.92 Å². The maximum Gasteiger partial charge on any atom is 0.335 e. The number of hydrogen-bond donors (Lipinski definition) is 0. The van der Waals surface area contributed by atoms with Gasteiger partial charge in [-0.3, -0.25) is 14.4 Å². The van der Waals surface area contributed by atoms with Gasteiger partial charge in [0.1, 0.15) is 17.1 Å². The van der Waals surface area contributed by atoms with Gasteiger partial charge < -0.3 is 4.74 Å². The minimum atomic E-state index is -0.424. The number of ether oxygens (including phenoxy) is 1. The molecule has 2 atom stereocenters. The lowest BCUT2D eigenvalue weighted by Gasteiger charge is -2.47. The third kappa shape index (κ3) is 3.82. The van der Waals surface area contributed by atoms with E-state index in [4.69, 9.17) is 4.74 Å². The first-order valence-corrected chi connectivity index (χ1v) is 11.8. The van der Waals surface area contributed by atoms with E-state index in [0.717, 1.165) is 48.8 Å². The van der Waals surface area contributed by atoms with Crippen LogP contribution in [0.3, 0.4) is 0 Å². The average Bonchev–Trinajstić information content (AvgIpc) is 3.33. The summed E-state index contributed by atoms with van der Waals surface area (Å²) in [5, 5.41) is 0. The Bertz CT molecular complexity index is 1170. The first-order chi connectivity index (χ1) is 15.9. The third-order valence-corrected chi connectivity index (χ3v) is 6.87.